The Balaban J connectivity index is 2.28. The van der Waals surface area contributed by atoms with Crippen LogP contribution in [0.25, 0.3) is 0 Å². The van der Waals surface area contributed by atoms with Crippen LogP contribution in [0.1, 0.15) is 5.56 Å². The monoisotopic (exact) mass is 296 g/mol. The molecule has 0 fully saturated rings. The standard InChI is InChI=1S/C13H10BrClO/c14-11-6-7-13(10(8-11)9-15)16-12-4-2-1-3-5-12/h1-8H,9H2. The third-order valence-corrected chi connectivity index (χ3v) is 2.92. The lowest BCUT2D eigenvalue weighted by atomic mass is 10.2. The van der Waals surface area contributed by atoms with Crippen LogP contribution in [0.2, 0.25) is 0 Å². The number of alkyl halides is 1. The van der Waals surface area contributed by atoms with Crippen molar-refractivity contribution in [3.63, 3.8) is 0 Å². The minimum absolute atomic E-state index is 0.432. The van der Waals surface area contributed by atoms with Crippen molar-refractivity contribution in [2.75, 3.05) is 0 Å². The first kappa shape index (κ1) is 11.5. The molecule has 0 radical (unpaired) electrons. The number of rotatable bonds is 3. The lowest BCUT2D eigenvalue weighted by molar-refractivity contribution is 0.478. The van der Waals surface area contributed by atoms with Crippen molar-refractivity contribution in [2.45, 2.75) is 5.88 Å². The van der Waals surface area contributed by atoms with E-state index in [1.807, 2.05) is 48.5 Å². The van der Waals surface area contributed by atoms with Gasteiger partial charge >= 0.3 is 0 Å². The number of ether oxygens (including phenoxy) is 1. The molecule has 0 bridgehead atoms. The van der Waals surface area contributed by atoms with Crippen LogP contribution in [0.15, 0.2) is 53.0 Å². The Bertz CT molecular complexity index is 471. The summed E-state index contributed by atoms with van der Waals surface area (Å²) in [6, 6.07) is 15.5. The maximum atomic E-state index is 5.87. The van der Waals surface area contributed by atoms with E-state index in [9.17, 15) is 0 Å². The van der Waals surface area contributed by atoms with Crippen molar-refractivity contribution in [2.24, 2.45) is 0 Å². The quantitative estimate of drug-likeness (QED) is 0.726. The van der Waals surface area contributed by atoms with Crippen LogP contribution in [-0.4, -0.2) is 0 Å². The fourth-order valence-electron chi connectivity index (χ4n) is 1.37. The molecule has 0 atom stereocenters. The summed E-state index contributed by atoms with van der Waals surface area (Å²) in [5.74, 6) is 2.04. The molecule has 82 valence electrons. The van der Waals surface area contributed by atoms with E-state index in [0.717, 1.165) is 21.5 Å². The van der Waals surface area contributed by atoms with Crippen LogP contribution in [-0.2, 0) is 5.88 Å². The summed E-state index contributed by atoms with van der Waals surface area (Å²) in [6.07, 6.45) is 0. The van der Waals surface area contributed by atoms with Gasteiger partial charge in [0.25, 0.3) is 0 Å². The molecule has 0 amide bonds. The highest BCUT2D eigenvalue weighted by Crippen LogP contribution is 2.28. The lowest BCUT2D eigenvalue weighted by Gasteiger charge is -2.09. The maximum Gasteiger partial charge on any atom is 0.131 e. The average Bonchev–Trinajstić information content (AvgIpc) is 2.33. The van der Waals surface area contributed by atoms with Gasteiger partial charge < -0.3 is 4.74 Å². The van der Waals surface area contributed by atoms with Gasteiger partial charge in [0, 0.05) is 10.0 Å². The van der Waals surface area contributed by atoms with E-state index in [2.05, 4.69) is 15.9 Å². The predicted octanol–water partition coefficient (Wildman–Crippen LogP) is 4.98. The molecule has 0 heterocycles. The molecule has 16 heavy (non-hydrogen) atoms. The fraction of sp³-hybridized carbons (Fsp3) is 0.0769. The normalized spacial score (nSPS) is 10.1. The van der Waals surface area contributed by atoms with Crippen LogP contribution in [0.5, 0.6) is 11.5 Å². The molecule has 0 aliphatic carbocycles. The van der Waals surface area contributed by atoms with Crippen molar-refractivity contribution < 1.29 is 4.74 Å². The van der Waals surface area contributed by atoms with Crippen LogP contribution in [0.3, 0.4) is 0 Å². The van der Waals surface area contributed by atoms with Crippen LogP contribution in [0, 0.1) is 0 Å². The summed E-state index contributed by atoms with van der Waals surface area (Å²) in [5.41, 5.74) is 0.972. The van der Waals surface area contributed by atoms with E-state index in [0.29, 0.717) is 5.88 Å². The number of hydrogen-bond acceptors (Lipinski definition) is 1. The summed E-state index contributed by atoms with van der Waals surface area (Å²) in [6.45, 7) is 0. The van der Waals surface area contributed by atoms with Gasteiger partial charge in [0.05, 0.1) is 5.88 Å². The Morgan fingerprint density at radius 3 is 2.50 bits per heavy atom. The third-order valence-electron chi connectivity index (χ3n) is 2.14. The van der Waals surface area contributed by atoms with Crippen molar-refractivity contribution in [3.05, 3.63) is 58.6 Å². The minimum atomic E-state index is 0.432. The van der Waals surface area contributed by atoms with Crippen LogP contribution >= 0.6 is 27.5 Å². The third kappa shape index (κ3) is 2.77. The van der Waals surface area contributed by atoms with Gasteiger partial charge in [-0.3, -0.25) is 0 Å². The maximum absolute atomic E-state index is 5.87. The summed E-state index contributed by atoms with van der Waals surface area (Å²) in [7, 11) is 0. The first-order valence-corrected chi connectivity index (χ1v) is 6.19. The van der Waals surface area contributed by atoms with Gasteiger partial charge in [-0.15, -0.1) is 11.6 Å². The Labute approximate surface area is 108 Å². The smallest absolute Gasteiger partial charge is 0.131 e. The Morgan fingerprint density at radius 1 is 1.06 bits per heavy atom. The molecule has 0 unspecified atom stereocenters. The summed E-state index contributed by atoms with van der Waals surface area (Å²) < 4.78 is 6.75. The molecule has 0 aliphatic rings. The molecule has 0 aliphatic heterocycles. The number of para-hydroxylation sites is 1. The molecule has 0 aromatic heterocycles. The summed E-state index contributed by atoms with van der Waals surface area (Å²) in [5, 5.41) is 0. The zero-order valence-electron chi connectivity index (χ0n) is 8.49. The first-order chi connectivity index (χ1) is 7.79. The Morgan fingerprint density at radius 2 is 1.81 bits per heavy atom. The van der Waals surface area contributed by atoms with Crippen molar-refractivity contribution in [1.82, 2.24) is 0 Å². The molecule has 0 saturated heterocycles. The number of halogens is 2. The van der Waals surface area contributed by atoms with Gasteiger partial charge in [-0.1, -0.05) is 34.1 Å². The van der Waals surface area contributed by atoms with Gasteiger partial charge in [0.1, 0.15) is 11.5 Å². The van der Waals surface area contributed by atoms with Crippen molar-refractivity contribution in [3.8, 4) is 11.5 Å². The second-order valence-corrected chi connectivity index (χ2v) is 4.48. The SMILES string of the molecule is ClCc1cc(Br)ccc1Oc1ccccc1. The van der Waals surface area contributed by atoms with Crippen molar-refractivity contribution in [1.29, 1.82) is 0 Å². The van der Waals surface area contributed by atoms with Gasteiger partial charge in [0.15, 0.2) is 0 Å². The molecule has 0 spiro atoms. The average molecular weight is 298 g/mol. The second kappa shape index (κ2) is 5.37. The van der Waals surface area contributed by atoms with Gasteiger partial charge in [0.2, 0.25) is 0 Å². The minimum Gasteiger partial charge on any atom is -0.457 e. The van der Waals surface area contributed by atoms with Crippen molar-refractivity contribution >= 4 is 27.5 Å². The summed E-state index contributed by atoms with van der Waals surface area (Å²) >= 11 is 9.28. The van der Waals surface area contributed by atoms with Gasteiger partial charge in [-0.2, -0.15) is 0 Å². The topological polar surface area (TPSA) is 9.23 Å². The number of hydrogen-bond donors (Lipinski definition) is 0. The highest BCUT2D eigenvalue weighted by Gasteiger charge is 2.04. The zero-order chi connectivity index (χ0) is 11.4. The highest BCUT2D eigenvalue weighted by atomic mass is 79.9. The lowest BCUT2D eigenvalue weighted by Crippen LogP contribution is -1.89. The van der Waals surface area contributed by atoms with Crippen LogP contribution < -0.4 is 4.74 Å². The summed E-state index contributed by atoms with van der Waals surface area (Å²) in [4.78, 5) is 0. The molecular weight excluding hydrogens is 287 g/mol. The Kier molecular flexibility index (Phi) is 3.86. The molecule has 1 nitrogen and oxygen atoms in total. The molecule has 2 rings (SSSR count). The molecule has 0 saturated carbocycles. The highest BCUT2D eigenvalue weighted by molar-refractivity contribution is 9.10. The largest absolute Gasteiger partial charge is 0.457 e. The molecule has 0 N–H and O–H groups in total. The van der Waals surface area contributed by atoms with Gasteiger partial charge in [-0.05, 0) is 30.3 Å². The molecular formula is C13H10BrClO. The Hall–Kier alpha value is -0.990. The predicted molar refractivity (Wildman–Crippen MR) is 70.2 cm³/mol. The van der Waals surface area contributed by atoms with E-state index in [-0.39, 0.29) is 0 Å². The second-order valence-electron chi connectivity index (χ2n) is 3.30. The molecule has 3 heteroatoms. The first-order valence-electron chi connectivity index (χ1n) is 4.87. The van der Waals surface area contributed by atoms with E-state index >= 15 is 0 Å². The molecule has 2 aromatic carbocycles. The van der Waals surface area contributed by atoms with E-state index in [4.69, 9.17) is 16.3 Å². The van der Waals surface area contributed by atoms with E-state index in [1.165, 1.54) is 0 Å². The number of benzene rings is 2. The van der Waals surface area contributed by atoms with E-state index < -0.39 is 0 Å². The van der Waals surface area contributed by atoms with Crippen LogP contribution in [0.4, 0.5) is 0 Å². The molecule has 2 aromatic rings. The van der Waals surface area contributed by atoms with E-state index in [1.54, 1.807) is 0 Å². The zero-order valence-corrected chi connectivity index (χ0v) is 10.8. The van der Waals surface area contributed by atoms with Gasteiger partial charge in [-0.25, -0.2) is 0 Å². The fourth-order valence-corrected chi connectivity index (χ4v) is 1.98.